The monoisotopic (exact) mass is 342 g/mol. The Balaban J connectivity index is 2.22. The Hall–Kier alpha value is -1.63. The molecule has 7 heteroatoms. The minimum atomic E-state index is -1.20. The van der Waals surface area contributed by atoms with Crippen molar-refractivity contribution in [3.8, 4) is 0 Å². The number of pyridine rings is 1. The molecule has 1 heterocycles. The van der Waals surface area contributed by atoms with Crippen LogP contribution in [0, 0.1) is 0 Å². The highest BCUT2D eigenvalue weighted by atomic mass is 79.9. The van der Waals surface area contributed by atoms with Crippen molar-refractivity contribution < 1.29 is 14.7 Å². The first-order valence-corrected chi connectivity index (χ1v) is 7.18. The van der Waals surface area contributed by atoms with E-state index in [-0.39, 0.29) is 15.6 Å². The first-order valence-electron chi connectivity index (χ1n) is 6.39. The predicted molar refractivity (Wildman–Crippen MR) is 75.7 cm³/mol. The van der Waals surface area contributed by atoms with E-state index in [0.29, 0.717) is 12.8 Å². The summed E-state index contributed by atoms with van der Waals surface area (Å²) in [5.74, 6) is -1.50. The SMILES string of the molecule is O=C(NC1(C(=O)O)CCCCC1)c1c[nH]c(=O)c(Br)c1. The van der Waals surface area contributed by atoms with Gasteiger partial charge >= 0.3 is 5.97 Å². The van der Waals surface area contributed by atoms with Crippen molar-refractivity contribution >= 4 is 27.8 Å². The number of aromatic amines is 1. The Morgan fingerprint density at radius 1 is 1.30 bits per heavy atom. The third-order valence-corrected chi connectivity index (χ3v) is 4.18. The zero-order valence-corrected chi connectivity index (χ0v) is 12.3. The van der Waals surface area contributed by atoms with Gasteiger partial charge in [-0.25, -0.2) is 4.79 Å². The van der Waals surface area contributed by atoms with Gasteiger partial charge in [0.05, 0.1) is 10.0 Å². The Morgan fingerprint density at radius 3 is 2.50 bits per heavy atom. The third-order valence-electron chi connectivity index (χ3n) is 3.59. The number of carbonyl (C=O) groups excluding carboxylic acids is 1. The molecule has 0 aliphatic heterocycles. The van der Waals surface area contributed by atoms with Crippen molar-refractivity contribution in [1.82, 2.24) is 10.3 Å². The number of carboxylic acids is 1. The van der Waals surface area contributed by atoms with E-state index in [1.165, 1.54) is 12.3 Å². The number of aliphatic carboxylic acids is 1. The fourth-order valence-corrected chi connectivity index (χ4v) is 2.79. The van der Waals surface area contributed by atoms with E-state index < -0.39 is 17.4 Å². The van der Waals surface area contributed by atoms with Gasteiger partial charge in [0.15, 0.2) is 0 Å². The molecule has 108 valence electrons. The zero-order valence-electron chi connectivity index (χ0n) is 10.7. The van der Waals surface area contributed by atoms with Gasteiger partial charge in [-0.15, -0.1) is 0 Å². The molecule has 1 amide bonds. The van der Waals surface area contributed by atoms with Crippen molar-refractivity contribution in [2.75, 3.05) is 0 Å². The first kappa shape index (κ1) is 14.8. The highest BCUT2D eigenvalue weighted by Crippen LogP contribution is 2.28. The highest BCUT2D eigenvalue weighted by molar-refractivity contribution is 9.10. The Bertz CT molecular complexity index is 590. The van der Waals surface area contributed by atoms with Crippen LogP contribution >= 0.6 is 15.9 Å². The number of carbonyl (C=O) groups is 2. The lowest BCUT2D eigenvalue weighted by Crippen LogP contribution is -2.55. The quantitative estimate of drug-likeness (QED) is 0.777. The molecule has 1 aromatic heterocycles. The third kappa shape index (κ3) is 2.92. The number of amides is 1. The maximum Gasteiger partial charge on any atom is 0.329 e. The standard InChI is InChI=1S/C13H15BrN2O4/c14-9-6-8(7-15-11(9)18)10(17)16-13(12(19)20)4-2-1-3-5-13/h6-7H,1-5H2,(H,15,18)(H,16,17)(H,19,20). The van der Waals surface area contributed by atoms with Gasteiger partial charge in [-0.05, 0) is 34.8 Å². The number of H-pyrrole nitrogens is 1. The summed E-state index contributed by atoms with van der Waals surface area (Å²) in [4.78, 5) is 37.3. The summed E-state index contributed by atoms with van der Waals surface area (Å²) in [6.45, 7) is 0. The van der Waals surface area contributed by atoms with E-state index in [2.05, 4.69) is 26.2 Å². The topological polar surface area (TPSA) is 99.3 Å². The van der Waals surface area contributed by atoms with Gasteiger partial charge < -0.3 is 15.4 Å². The summed E-state index contributed by atoms with van der Waals surface area (Å²) < 4.78 is 0.234. The molecule has 0 unspecified atom stereocenters. The Labute approximate surface area is 123 Å². The molecule has 1 saturated carbocycles. The lowest BCUT2D eigenvalue weighted by atomic mass is 9.81. The molecular formula is C13H15BrN2O4. The van der Waals surface area contributed by atoms with Crippen LogP contribution in [0.15, 0.2) is 21.5 Å². The molecule has 0 spiro atoms. The van der Waals surface area contributed by atoms with Crippen LogP contribution in [0.5, 0.6) is 0 Å². The van der Waals surface area contributed by atoms with Crippen LogP contribution in [0.2, 0.25) is 0 Å². The largest absolute Gasteiger partial charge is 0.480 e. The number of rotatable bonds is 3. The highest BCUT2D eigenvalue weighted by Gasteiger charge is 2.41. The molecule has 0 aromatic carbocycles. The lowest BCUT2D eigenvalue weighted by molar-refractivity contribution is -0.145. The second-order valence-corrected chi connectivity index (χ2v) is 5.82. The van der Waals surface area contributed by atoms with Gasteiger partial charge in [0.1, 0.15) is 5.54 Å². The number of nitrogens with one attached hydrogen (secondary N) is 2. The van der Waals surface area contributed by atoms with Crippen molar-refractivity contribution in [3.05, 3.63) is 32.7 Å². The van der Waals surface area contributed by atoms with Gasteiger partial charge in [-0.1, -0.05) is 19.3 Å². The van der Waals surface area contributed by atoms with Gasteiger partial charge in [0.25, 0.3) is 11.5 Å². The number of aromatic nitrogens is 1. The van der Waals surface area contributed by atoms with Crippen LogP contribution in [-0.4, -0.2) is 27.5 Å². The van der Waals surface area contributed by atoms with Crippen LogP contribution < -0.4 is 10.9 Å². The number of halogens is 1. The van der Waals surface area contributed by atoms with E-state index in [1.807, 2.05) is 0 Å². The molecule has 1 aliphatic rings. The number of hydrogen-bond donors (Lipinski definition) is 3. The van der Waals surface area contributed by atoms with Crippen molar-refractivity contribution in [2.45, 2.75) is 37.6 Å². The van der Waals surface area contributed by atoms with Crippen LogP contribution in [0.4, 0.5) is 0 Å². The maximum atomic E-state index is 12.2. The van der Waals surface area contributed by atoms with Crippen LogP contribution in [0.25, 0.3) is 0 Å². The Morgan fingerprint density at radius 2 is 1.95 bits per heavy atom. The summed E-state index contributed by atoms with van der Waals surface area (Å²) in [5.41, 5.74) is -1.31. The molecule has 1 aromatic rings. The summed E-state index contributed by atoms with van der Waals surface area (Å²) in [6, 6.07) is 1.38. The average Bonchev–Trinajstić information content (AvgIpc) is 2.42. The van der Waals surface area contributed by atoms with Crippen molar-refractivity contribution in [1.29, 1.82) is 0 Å². The van der Waals surface area contributed by atoms with Gasteiger partial charge in [0.2, 0.25) is 0 Å². The molecule has 3 N–H and O–H groups in total. The molecule has 20 heavy (non-hydrogen) atoms. The molecule has 2 rings (SSSR count). The van der Waals surface area contributed by atoms with Gasteiger partial charge in [-0.2, -0.15) is 0 Å². The van der Waals surface area contributed by atoms with Crippen LogP contribution in [-0.2, 0) is 4.79 Å². The second-order valence-electron chi connectivity index (χ2n) is 4.97. The molecule has 0 atom stereocenters. The molecular weight excluding hydrogens is 328 g/mol. The van der Waals surface area contributed by atoms with Crippen LogP contribution in [0.1, 0.15) is 42.5 Å². The fraction of sp³-hybridized carbons (Fsp3) is 0.462. The van der Waals surface area contributed by atoms with Gasteiger partial charge in [0, 0.05) is 6.20 Å². The second kappa shape index (κ2) is 5.78. The van der Waals surface area contributed by atoms with Crippen LogP contribution in [0.3, 0.4) is 0 Å². The lowest BCUT2D eigenvalue weighted by Gasteiger charge is -2.33. The van der Waals surface area contributed by atoms with Crippen molar-refractivity contribution in [2.24, 2.45) is 0 Å². The smallest absolute Gasteiger partial charge is 0.329 e. The number of carboxylic acid groups (broad SMARTS) is 1. The summed E-state index contributed by atoms with van der Waals surface area (Å²) in [6.07, 6.45) is 4.68. The molecule has 1 fully saturated rings. The molecule has 6 nitrogen and oxygen atoms in total. The summed E-state index contributed by atoms with van der Waals surface area (Å²) >= 11 is 3.04. The van der Waals surface area contributed by atoms with E-state index in [9.17, 15) is 19.5 Å². The average molecular weight is 343 g/mol. The molecule has 0 radical (unpaired) electrons. The van der Waals surface area contributed by atoms with E-state index in [1.54, 1.807) is 0 Å². The molecule has 1 aliphatic carbocycles. The van der Waals surface area contributed by atoms with E-state index in [0.717, 1.165) is 19.3 Å². The first-order chi connectivity index (χ1) is 9.44. The Kier molecular flexibility index (Phi) is 4.27. The van der Waals surface area contributed by atoms with Crippen molar-refractivity contribution in [3.63, 3.8) is 0 Å². The summed E-state index contributed by atoms with van der Waals surface area (Å²) in [5, 5.41) is 12.0. The predicted octanol–water partition coefficient (Wildman–Crippen LogP) is 1.65. The van der Waals surface area contributed by atoms with Gasteiger partial charge in [-0.3, -0.25) is 9.59 Å². The molecule has 0 saturated heterocycles. The zero-order chi connectivity index (χ0) is 14.8. The minimum absolute atomic E-state index is 0.225. The maximum absolute atomic E-state index is 12.2. The fourth-order valence-electron chi connectivity index (χ4n) is 2.42. The van der Waals surface area contributed by atoms with E-state index in [4.69, 9.17) is 0 Å². The summed E-state index contributed by atoms with van der Waals surface area (Å²) in [7, 11) is 0. The normalized spacial score (nSPS) is 17.4. The number of hydrogen-bond acceptors (Lipinski definition) is 3. The molecule has 0 bridgehead atoms. The van der Waals surface area contributed by atoms with E-state index >= 15 is 0 Å². The minimum Gasteiger partial charge on any atom is -0.480 e.